The van der Waals surface area contributed by atoms with Gasteiger partial charge in [0.15, 0.2) is 5.82 Å². The van der Waals surface area contributed by atoms with Gasteiger partial charge in [0.2, 0.25) is 5.88 Å². The number of pyridine rings is 1. The highest BCUT2D eigenvalue weighted by Crippen LogP contribution is 2.57. The number of aromatic nitrogens is 3. The summed E-state index contributed by atoms with van der Waals surface area (Å²) in [5, 5.41) is 13.3. The summed E-state index contributed by atoms with van der Waals surface area (Å²) in [6.07, 6.45) is -2.76. The molecule has 0 saturated heterocycles. The first-order valence-electron chi connectivity index (χ1n) is 8.54. The summed E-state index contributed by atoms with van der Waals surface area (Å²) in [5.41, 5.74) is -1.96. The molecule has 10 heteroatoms. The number of halogens is 4. The first kappa shape index (κ1) is 20.4. The van der Waals surface area contributed by atoms with Crippen LogP contribution in [0.15, 0.2) is 18.3 Å². The average Bonchev–Trinajstić information content (AvgIpc) is 3.22. The van der Waals surface area contributed by atoms with Gasteiger partial charge in [-0.05, 0) is 29.9 Å². The number of alkyl halides is 3. The number of rotatable bonds is 5. The molecule has 1 aliphatic carbocycles. The molecule has 1 aliphatic rings. The maximum absolute atomic E-state index is 13.0. The second kappa shape index (κ2) is 6.65. The Labute approximate surface area is 164 Å². The number of carboxylic acids is 1. The van der Waals surface area contributed by atoms with Gasteiger partial charge in [0.25, 0.3) is 0 Å². The molecule has 2 heterocycles. The van der Waals surface area contributed by atoms with Gasteiger partial charge < -0.3 is 9.84 Å². The summed E-state index contributed by atoms with van der Waals surface area (Å²) >= 11 is 6.08. The van der Waals surface area contributed by atoms with Crippen LogP contribution >= 0.6 is 11.6 Å². The van der Waals surface area contributed by atoms with Crippen LogP contribution in [0.3, 0.4) is 0 Å². The van der Waals surface area contributed by atoms with Crippen LogP contribution in [0.4, 0.5) is 13.2 Å². The van der Waals surface area contributed by atoms with Gasteiger partial charge in [-0.25, -0.2) is 14.5 Å². The van der Waals surface area contributed by atoms with Gasteiger partial charge in [0, 0.05) is 12.3 Å². The minimum Gasteiger partial charge on any atom is -0.478 e. The third kappa shape index (κ3) is 3.80. The molecule has 0 amide bonds. The molecule has 0 bridgehead atoms. The molecule has 6 nitrogen and oxygen atoms in total. The van der Waals surface area contributed by atoms with Gasteiger partial charge in [-0.1, -0.05) is 32.4 Å². The summed E-state index contributed by atoms with van der Waals surface area (Å²) in [6.45, 7) is 5.00. The summed E-state index contributed by atoms with van der Waals surface area (Å²) in [4.78, 5) is 15.6. The smallest absolute Gasteiger partial charge is 0.397 e. The number of carboxylic acid groups (broad SMARTS) is 1. The van der Waals surface area contributed by atoms with E-state index in [4.69, 9.17) is 16.3 Å². The molecule has 1 saturated carbocycles. The number of carbonyl (C=O) groups is 1. The summed E-state index contributed by atoms with van der Waals surface area (Å²) in [7, 11) is 0. The average molecular weight is 418 g/mol. The molecule has 2 aromatic rings. The van der Waals surface area contributed by atoms with E-state index in [9.17, 15) is 23.1 Å². The first-order chi connectivity index (χ1) is 12.8. The quantitative estimate of drug-likeness (QED) is 0.717. The molecule has 152 valence electrons. The maximum Gasteiger partial charge on any atom is 0.397 e. The minimum atomic E-state index is -4.31. The maximum atomic E-state index is 13.0. The fourth-order valence-electron chi connectivity index (χ4n) is 2.80. The third-order valence-corrected chi connectivity index (χ3v) is 5.01. The normalized spacial score (nSPS) is 16.1. The van der Waals surface area contributed by atoms with Gasteiger partial charge in [0.05, 0.1) is 0 Å². The van der Waals surface area contributed by atoms with Crippen molar-refractivity contribution in [2.45, 2.75) is 45.2 Å². The predicted molar refractivity (Wildman–Crippen MR) is 95.2 cm³/mol. The van der Waals surface area contributed by atoms with Crippen molar-refractivity contribution in [3.8, 4) is 11.7 Å². The van der Waals surface area contributed by atoms with Crippen LogP contribution in [-0.4, -0.2) is 38.6 Å². The van der Waals surface area contributed by atoms with E-state index in [0.29, 0.717) is 5.56 Å². The Balaban J connectivity index is 1.87. The van der Waals surface area contributed by atoms with Crippen molar-refractivity contribution in [2.24, 2.45) is 5.41 Å². The number of nitrogens with zero attached hydrogens (tertiary/aromatic N) is 3. The SMILES string of the molecule is CC(C)(C)c1cc(-n2ccc(OCC3(C(F)(F)F)CC3)n2)nc(Cl)c1C(=O)O. The number of aromatic carboxylic acids is 1. The molecule has 2 aromatic heterocycles. The Morgan fingerprint density at radius 2 is 2.00 bits per heavy atom. The summed E-state index contributed by atoms with van der Waals surface area (Å²) in [6, 6.07) is 2.97. The van der Waals surface area contributed by atoms with Crippen molar-refractivity contribution in [3.63, 3.8) is 0 Å². The molecule has 28 heavy (non-hydrogen) atoms. The zero-order chi connectivity index (χ0) is 20.9. The molecule has 3 rings (SSSR count). The fraction of sp³-hybridized carbons (Fsp3) is 0.500. The number of hydrogen-bond donors (Lipinski definition) is 1. The Kier molecular flexibility index (Phi) is 4.85. The van der Waals surface area contributed by atoms with Crippen molar-refractivity contribution in [2.75, 3.05) is 6.61 Å². The third-order valence-electron chi connectivity index (χ3n) is 4.73. The van der Waals surface area contributed by atoms with Crippen LogP contribution in [0.25, 0.3) is 5.82 Å². The van der Waals surface area contributed by atoms with Crippen LogP contribution in [0, 0.1) is 5.41 Å². The fourth-order valence-corrected chi connectivity index (χ4v) is 3.07. The largest absolute Gasteiger partial charge is 0.478 e. The number of ether oxygens (including phenoxy) is 1. The lowest BCUT2D eigenvalue weighted by Gasteiger charge is -2.22. The standard InChI is InChI=1S/C18H19ClF3N3O3/c1-16(2,3)10-8-11(23-14(19)13(10)15(26)27)25-7-4-12(24-25)28-9-17(5-6-17)18(20,21)22/h4,7-8H,5-6,9H2,1-3H3,(H,26,27). The molecular formula is C18H19ClF3N3O3. The molecule has 0 radical (unpaired) electrons. The van der Waals surface area contributed by atoms with Crippen molar-refractivity contribution in [1.82, 2.24) is 14.8 Å². The van der Waals surface area contributed by atoms with Gasteiger partial charge in [-0.3, -0.25) is 0 Å². The Bertz CT molecular complexity index is 915. The first-order valence-corrected chi connectivity index (χ1v) is 8.92. The van der Waals surface area contributed by atoms with Crippen LogP contribution < -0.4 is 4.74 Å². The van der Waals surface area contributed by atoms with Crippen LogP contribution in [0.5, 0.6) is 5.88 Å². The Hall–Kier alpha value is -2.29. The molecule has 0 atom stereocenters. The van der Waals surface area contributed by atoms with Gasteiger partial charge in [-0.2, -0.15) is 13.2 Å². The van der Waals surface area contributed by atoms with E-state index in [1.165, 1.54) is 16.9 Å². The van der Waals surface area contributed by atoms with Crippen LogP contribution in [-0.2, 0) is 5.41 Å². The van der Waals surface area contributed by atoms with E-state index in [1.54, 1.807) is 6.07 Å². The summed E-state index contributed by atoms with van der Waals surface area (Å²) in [5.74, 6) is -0.930. The second-order valence-electron chi connectivity index (χ2n) is 7.91. The van der Waals surface area contributed by atoms with Crippen molar-refractivity contribution >= 4 is 17.6 Å². The lowest BCUT2D eigenvalue weighted by atomic mass is 9.84. The lowest BCUT2D eigenvalue weighted by Crippen LogP contribution is -2.30. The number of hydrogen-bond acceptors (Lipinski definition) is 4. The topological polar surface area (TPSA) is 77.2 Å². The van der Waals surface area contributed by atoms with Crippen LogP contribution in [0.1, 0.15) is 49.5 Å². The van der Waals surface area contributed by atoms with E-state index in [0.717, 1.165) is 0 Å². The monoisotopic (exact) mass is 417 g/mol. The lowest BCUT2D eigenvalue weighted by molar-refractivity contribution is -0.194. The minimum absolute atomic E-state index is 0.0214. The molecule has 1 fully saturated rings. The van der Waals surface area contributed by atoms with E-state index in [1.807, 2.05) is 20.8 Å². The van der Waals surface area contributed by atoms with E-state index < -0.39 is 29.6 Å². The zero-order valence-corrected chi connectivity index (χ0v) is 16.2. The highest BCUT2D eigenvalue weighted by atomic mass is 35.5. The highest BCUT2D eigenvalue weighted by molar-refractivity contribution is 6.32. The Morgan fingerprint density at radius 1 is 1.36 bits per heavy atom. The van der Waals surface area contributed by atoms with E-state index in [-0.39, 0.29) is 35.3 Å². The van der Waals surface area contributed by atoms with Crippen LogP contribution in [0.2, 0.25) is 5.15 Å². The molecule has 0 spiro atoms. The summed E-state index contributed by atoms with van der Waals surface area (Å²) < 4.78 is 45.5. The zero-order valence-electron chi connectivity index (χ0n) is 15.5. The molecule has 1 N–H and O–H groups in total. The molecule has 0 unspecified atom stereocenters. The van der Waals surface area contributed by atoms with E-state index >= 15 is 0 Å². The van der Waals surface area contributed by atoms with Crippen molar-refractivity contribution < 1.29 is 27.8 Å². The van der Waals surface area contributed by atoms with E-state index in [2.05, 4.69) is 10.1 Å². The van der Waals surface area contributed by atoms with Crippen molar-refractivity contribution in [3.05, 3.63) is 34.6 Å². The molecule has 0 aromatic carbocycles. The molecular weight excluding hydrogens is 399 g/mol. The van der Waals surface area contributed by atoms with Gasteiger partial charge >= 0.3 is 12.1 Å². The Morgan fingerprint density at radius 3 is 2.50 bits per heavy atom. The predicted octanol–water partition coefficient (Wildman–Crippen LogP) is 4.64. The molecule has 0 aliphatic heterocycles. The van der Waals surface area contributed by atoms with Crippen molar-refractivity contribution in [1.29, 1.82) is 0 Å². The van der Waals surface area contributed by atoms with Gasteiger partial charge in [0.1, 0.15) is 22.7 Å². The second-order valence-corrected chi connectivity index (χ2v) is 8.27. The van der Waals surface area contributed by atoms with Gasteiger partial charge in [-0.15, -0.1) is 5.10 Å². The highest BCUT2D eigenvalue weighted by Gasteiger charge is 2.64.